The van der Waals surface area contributed by atoms with Crippen LogP contribution in [-0.4, -0.2) is 30.5 Å². The first kappa shape index (κ1) is 12.1. The first-order chi connectivity index (χ1) is 4.76. The van der Waals surface area contributed by atoms with Crippen LogP contribution in [-0.2, 0) is 9.53 Å². The van der Waals surface area contributed by atoms with Gasteiger partial charge in [-0.15, -0.1) is 0 Å². The number of rotatable bonds is 4. The molecule has 4 heteroatoms. The first-order valence-electron chi connectivity index (χ1n) is 3.41. The van der Waals surface area contributed by atoms with Crippen LogP contribution in [0.5, 0.6) is 0 Å². The maximum Gasteiger partial charge on any atom is 0.245 e. The number of carbonyl (C=O) groups is 1. The number of likely N-dealkylation sites (N-methyl/N-ethyl adjacent to an activating group) is 1. The Hall–Kier alpha value is -1.57. The molecule has 0 aliphatic rings. The van der Waals surface area contributed by atoms with E-state index in [1.54, 1.807) is 4.90 Å². The zero-order valence-electron chi connectivity index (χ0n) is 7.30. The number of carbonyl (C=O) groups excluding carboxylic acids is 1. The van der Waals surface area contributed by atoms with E-state index in [0.29, 0.717) is 0 Å². The summed E-state index contributed by atoms with van der Waals surface area (Å²) in [6.07, 6.45) is 0. The van der Waals surface area contributed by atoms with Crippen molar-refractivity contribution in [1.29, 1.82) is 0 Å². The summed E-state index contributed by atoms with van der Waals surface area (Å²) in [5.74, 6) is 0.000000000000000444. The third-order valence-electron chi connectivity index (χ3n) is 1.34. The molecule has 0 rings (SSSR count). The Labute approximate surface area is 62.0 Å². The first-order valence-corrected chi connectivity index (χ1v) is 3.41. The quantitative estimate of drug-likeness (QED) is 0.637. The molecule has 0 bridgehead atoms. The van der Waals surface area contributed by atoms with Gasteiger partial charge in [0.25, 0.3) is 0 Å². The standard InChI is InChI=1S/C7H14NO2.Rf/c1-4-8(5-2)7(9)6-10-3;/h3-6H2,1-2H3;/q-1;. The molecule has 0 spiro atoms. The Balaban J connectivity index is 0. The van der Waals surface area contributed by atoms with E-state index in [-0.39, 0.29) is 12.5 Å². The Morgan fingerprint density at radius 1 is 1.45 bits per heavy atom. The second-order valence-electron chi connectivity index (χ2n) is 1.91. The summed E-state index contributed by atoms with van der Waals surface area (Å²) in [5, 5.41) is 0. The van der Waals surface area contributed by atoms with Crippen LogP contribution in [0.25, 0.3) is 0 Å². The minimum absolute atomic E-state index is 0. The molecule has 0 heterocycles. The molecule has 62 valence electrons. The summed E-state index contributed by atoms with van der Waals surface area (Å²) in [6, 6.07) is 0. The van der Waals surface area contributed by atoms with Gasteiger partial charge in [-0.05, 0) is 13.8 Å². The molecule has 0 N–H and O–H groups in total. The third-order valence-corrected chi connectivity index (χ3v) is 1.34. The van der Waals surface area contributed by atoms with Crippen molar-refractivity contribution < 1.29 is 9.53 Å². The molecule has 0 aromatic rings. The number of nitrogens with zero attached hydrogens (tertiary/aromatic N) is 1. The van der Waals surface area contributed by atoms with Crippen molar-refractivity contribution in [2.24, 2.45) is 0 Å². The van der Waals surface area contributed by atoms with Crippen LogP contribution in [0.1, 0.15) is 13.8 Å². The Bertz CT molecular complexity index is 105. The monoisotopic (exact) mass is 411 g/mol. The average Bonchev–Trinajstić information content (AvgIpc) is 1.91. The van der Waals surface area contributed by atoms with Gasteiger partial charge < -0.3 is 9.64 Å². The molecule has 0 aromatic heterocycles. The van der Waals surface area contributed by atoms with E-state index in [4.69, 9.17) is 0 Å². The van der Waals surface area contributed by atoms with Gasteiger partial charge in [-0.2, -0.15) is 0 Å². The zero-order valence-corrected chi connectivity index (χ0v) is 13.7. The summed E-state index contributed by atoms with van der Waals surface area (Å²) < 4.78 is 4.45. The topological polar surface area (TPSA) is 29.5 Å². The van der Waals surface area contributed by atoms with Crippen LogP contribution in [0.3, 0.4) is 0 Å². The van der Waals surface area contributed by atoms with Crippen LogP contribution in [0, 0.1) is 7.11 Å². The average molecular weight is 411 g/mol. The molecular formula is C7H14NO2Rf-. The summed E-state index contributed by atoms with van der Waals surface area (Å²) in [4.78, 5) is 12.7. The van der Waals surface area contributed by atoms with Gasteiger partial charge in [0.05, 0.1) is 6.61 Å². The van der Waals surface area contributed by atoms with Gasteiger partial charge in [0.1, 0.15) is 0 Å². The van der Waals surface area contributed by atoms with E-state index in [1.807, 2.05) is 13.8 Å². The van der Waals surface area contributed by atoms with Crippen molar-refractivity contribution in [1.82, 2.24) is 4.90 Å². The third kappa shape index (κ3) is 3.92. The van der Waals surface area contributed by atoms with E-state index >= 15 is 0 Å². The minimum Gasteiger partial charge on any atom is -0.548 e. The summed E-state index contributed by atoms with van der Waals surface area (Å²) in [6.45, 7) is 5.42. The fourth-order valence-corrected chi connectivity index (χ4v) is 0.755. The molecular weight excluding hydrogens is 397 g/mol. The van der Waals surface area contributed by atoms with Crippen molar-refractivity contribution in [3.05, 3.63) is 7.11 Å². The predicted octanol–water partition coefficient (Wildman–Crippen LogP) is 0.663. The van der Waals surface area contributed by atoms with Crippen molar-refractivity contribution in [2.45, 2.75) is 13.8 Å². The van der Waals surface area contributed by atoms with Crippen LogP contribution in [0.15, 0.2) is 0 Å². The van der Waals surface area contributed by atoms with Crippen LogP contribution in [0.2, 0.25) is 0 Å². The smallest absolute Gasteiger partial charge is 0.245 e. The number of amides is 1. The van der Waals surface area contributed by atoms with E-state index in [2.05, 4.69) is 11.8 Å². The molecule has 0 aliphatic carbocycles. The SMILES string of the molecule is [CH2-]OCC(=O)N(CC)CC.[Rf]. The van der Waals surface area contributed by atoms with Gasteiger partial charge in [-0.25, -0.2) is 7.11 Å². The fraction of sp³-hybridized carbons (Fsp3) is 0.714. The molecule has 0 saturated carbocycles. The molecule has 11 heavy (non-hydrogen) atoms. The molecule has 0 radical (unpaired) electrons. The van der Waals surface area contributed by atoms with E-state index in [9.17, 15) is 4.79 Å². The Kier molecular flexibility index (Phi) is 7.23. The minimum atomic E-state index is 0. The van der Waals surface area contributed by atoms with Gasteiger partial charge in [0.2, 0.25) is 5.91 Å². The molecule has 0 aliphatic heterocycles. The largest absolute Gasteiger partial charge is 0.548 e. The molecule has 0 aromatic carbocycles. The van der Waals surface area contributed by atoms with Gasteiger partial charge in [-0.1, -0.05) is 0 Å². The second kappa shape index (κ2) is 6.55. The number of hydrogen-bond acceptors (Lipinski definition) is 2. The van der Waals surface area contributed by atoms with E-state index in [0.717, 1.165) is 13.1 Å². The molecule has 0 unspecified atom stereocenters. The molecule has 0 atom stereocenters. The van der Waals surface area contributed by atoms with Crippen molar-refractivity contribution in [3.63, 3.8) is 0 Å². The molecule has 0 fully saturated rings. The van der Waals surface area contributed by atoms with Gasteiger partial charge >= 0.3 is 0 Å². The number of hydrogen-bond donors (Lipinski definition) is 0. The molecule has 3 nitrogen and oxygen atoms in total. The van der Waals surface area contributed by atoms with Crippen LogP contribution >= 0.6 is 0 Å². The zero-order chi connectivity index (χ0) is 7.98. The maximum atomic E-state index is 11.0. The van der Waals surface area contributed by atoms with Crippen LogP contribution < -0.4 is 0 Å². The number of ether oxygens (including phenoxy) is 1. The van der Waals surface area contributed by atoms with Gasteiger partial charge in [0.15, 0.2) is 0 Å². The van der Waals surface area contributed by atoms with Crippen LogP contribution in [0.4, 0.5) is 0 Å². The van der Waals surface area contributed by atoms with E-state index < -0.39 is 0 Å². The predicted molar refractivity (Wildman–Crippen MR) is 39.2 cm³/mol. The summed E-state index contributed by atoms with van der Waals surface area (Å²) in [5.41, 5.74) is 0. The van der Waals surface area contributed by atoms with Crippen molar-refractivity contribution in [3.8, 4) is 0 Å². The summed E-state index contributed by atoms with van der Waals surface area (Å²) >= 11 is 0. The summed E-state index contributed by atoms with van der Waals surface area (Å²) in [7, 11) is 3.13. The van der Waals surface area contributed by atoms with Gasteiger partial charge in [-0.3, -0.25) is 4.79 Å². The molecule has 0 saturated heterocycles. The fourth-order valence-electron chi connectivity index (χ4n) is 0.755. The normalized spacial score (nSPS) is 8.64. The van der Waals surface area contributed by atoms with Crippen molar-refractivity contribution in [2.75, 3.05) is 19.7 Å². The van der Waals surface area contributed by atoms with Gasteiger partial charge in [0, 0.05) is 13.1 Å². The second-order valence-corrected chi connectivity index (χ2v) is 1.91. The molecule has 1 amide bonds. The Morgan fingerprint density at radius 2 is 1.91 bits per heavy atom. The maximum absolute atomic E-state index is 11.0. The van der Waals surface area contributed by atoms with E-state index in [1.165, 1.54) is 0 Å². The van der Waals surface area contributed by atoms with Crippen molar-refractivity contribution >= 4 is 5.91 Å². The Morgan fingerprint density at radius 3 is 2.18 bits per heavy atom.